The van der Waals surface area contributed by atoms with Gasteiger partial charge in [0.15, 0.2) is 0 Å². The van der Waals surface area contributed by atoms with Crippen molar-refractivity contribution in [2.45, 2.75) is 58.5 Å². The molecule has 1 saturated heterocycles. The zero-order valence-corrected chi connectivity index (χ0v) is 12.7. The maximum absolute atomic E-state index is 5.31. The molecule has 108 valence electrons. The van der Waals surface area contributed by atoms with E-state index in [9.17, 15) is 0 Å². The van der Waals surface area contributed by atoms with Gasteiger partial charge in [-0.25, -0.2) is 0 Å². The van der Waals surface area contributed by atoms with E-state index in [1.807, 2.05) is 0 Å². The number of nitrogens with one attached hydrogen (secondary N) is 1. The van der Waals surface area contributed by atoms with Crippen molar-refractivity contribution in [3.8, 4) is 0 Å². The van der Waals surface area contributed by atoms with Crippen LogP contribution in [0.4, 0.5) is 0 Å². The van der Waals surface area contributed by atoms with Crippen LogP contribution in [0.3, 0.4) is 0 Å². The maximum atomic E-state index is 5.31. The minimum absolute atomic E-state index is 0.520. The quantitative estimate of drug-likeness (QED) is 0.722. The molecule has 3 unspecified atom stereocenters. The Morgan fingerprint density at radius 3 is 2.78 bits per heavy atom. The summed E-state index contributed by atoms with van der Waals surface area (Å²) in [5, 5.41) is 3.78. The zero-order chi connectivity index (χ0) is 13.4. The zero-order valence-electron chi connectivity index (χ0n) is 12.7. The molecule has 0 aliphatic carbocycles. The molecular formula is C15H32N2O. The van der Waals surface area contributed by atoms with Crippen molar-refractivity contribution in [3.05, 3.63) is 0 Å². The third-order valence-corrected chi connectivity index (χ3v) is 4.20. The fraction of sp³-hybridized carbons (Fsp3) is 1.00. The highest BCUT2D eigenvalue weighted by atomic mass is 16.5. The lowest BCUT2D eigenvalue weighted by Gasteiger charge is -2.37. The smallest absolute Gasteiger partial charge is 0.0615 e. The van der Waals surface area contributed by atoms with Crippen molar-refractivity contribution >= 4 is 0 Å². The van der Waals surface area contributed by atoms with Crippen LogP contribution in [-0.2, 0) is 4.74 Å². The number of hydrogen-bond donors (Lipinski definition) is 1. The molecular weight excluding hydrogens is 224 g/mol. The second-order valence-electron chi connectivity index (χ2n) is 5.69. The lowest BCUT2D eigenvalue weighted by molar-refractivity contribution is 0.125. The minimum Gasteiger partial charge on any atom is -0.383 e. The Balaban J connectivity index is 2.39. The first kappa shape index (κ1) is 15.9. The third-order valence-electron chi connectivity index (χ3n) is 4.20. The number of likely N-dealkylation sites (tertiary alicyclic amines) is 1. The first-order valence-corrected chi connectivity index (χ1v) is 7.68. The second kappa shape index (κ2) is 8.89. The molecule has 1 heterocycles. The van der Waals surface area contributed by atoms with Crippen LogP contribution in [0.2, 0.25) is 0 Å². The van der Waals surface area contributed by atoms with Gasteiger partial charge in [0.2, 0.25) is 0 Å². The standard InChI is InChI=1S/C15H32N2O/c1-5-8-15(12-18-4)16-13(3)14-9-7-10-17(6-2)11-14/h13-16H,5-12H2,1-4H3. The predicted molar refractivity (Wildman–Crippen MR) is 78.0 cm³/mol. The normalized spacial score (nSPS) is 25.0. The molecule has 0 radical (unpaired) electrons. The Bertz CT molecular complexity index is 205. The summed E-state index contributed by atoms with van der Waals surface area (Å²) in [6.45, 7) is 11.4. The van der Waals surface area contributed by atoms with Crippen molar-refractivity contribution in [1.82, 2.24) is 10.2 Å². The molecule has 1 aliphatic rings. The van der Waals surface area contributed by atoms with Crippen LogP contribution in [-0.4, -0.2) is 50.3 Å². The molecule has 0 saturated carbocycles. The molecule has 0 amide bonds. The van der Waals surface area contributed by atoms with Gasteiger partial charge in [0.1, 0.15) is 0 Å². The van der Waals surface area contributed by atoms with Crippen molar-refractivity contribution in [2.24, 2.45) is 5.92 Å². The number of methoxy groups -OCH3 is 1. The fourth-order valence-corrected chi connectivity index (χ4v) is 3.06. The van der Waals surface area contributed by atoms with Crippen LogP contribution in [0.15, 0.2) is 0 Å². The number of rotatable bonds is 8. The topological polar surface area (TPSA) is 24.5 Å². The molecule has 0 aromatic rings. The second-order valence-corrected chi connectivity index (χ2v) is 5.69. The summed E-state index contributed by atoms with van der Waals surface area (Å²) in [4.78, 5) is 2.58. The van der Waals surface area contributed by atoms with E-state index in [-0.39, 0.29) is 0 Å². The summed E-state index contributed by atoms with van der Waals surface area (Å²) >= 11 is 0. The Morgan fingerprint density at radius 1 is 1.39 bits per heavy atom. The summed E-state index contributed by atoms with van der Waals surface area (Å²) in [6.07, 6.45) is 5.16. The fourth-order valence-electron chi connectivity index (χ4n) is 3.06. The van der Waals surface area contributed by atoms with E-state index < -0.39 is 0 Å². The van der Waals surface area contributed by atoms with Gasteiger partial charge in [0, 0.05) is 25.7 Å². The van der Waals surface area contributed by atoms with E-state index in [0.29, 0.717) is 12.1 Å². The molecule has 3 atom stereocenters. The van der Waals surface area contributed by atoms with Crippen molar-refractivity contribution in [2.75, 3.05) is 33.4 Å². The Kier molecular flexibility index (Phi) is 7.87. The van der Waals surface area contributed by atoms with Gasteiger partial charge in [0.05, 0.1) is 6.61 Å². The SMILES string of the molecule is CCCC(COC)NC(C)C1CCCN(CC)C1. The van der Waals surface area contributed by atoms with Crippen LogP contribution >= 0.6 is 0 Å². The van der Waals surface area contributed by atoms with Gasteiger partial charge < -0.3 is 15.0 Å². The molecule has 1 aliphatic heterocycles. The molecule has 0 spiro atoms. The van der Waals surface area contributed by atoms with Gasteiger partial charge >= 0.3 is 0 Å². The van der Waals surface area contributed by atoms with Gasteiger partial charge in [-0.2, -0.15) is 0 Å². The first-order chi connectivity index (χ1) is 8.71. The maximum Gasteiger partial charge on any atom is 0.0615 e. The number of hydrogen-bond acceptors (Lipinski definition) is 3. The van der Waals surface area contributed by atoms with E-state index in [1.165, 1.54) is 45.3 Å². The van der Waals surface area contributed by atoms with Crippen molar-refractivity contribution < 1.29 is 4.74 Å². The lowest BCUT2D eigenvalue weighted by atomic mass is 9.91. The summed E-state index contributed by atoms with van der Waals surface area (Å²) in [5.41, 5.74) is 0. The van der Waals surface area contributed by atoms with E-state index >= 15 is 0 Å². The number of piperidine rings is 1. The van der Waals surface area contributed by atoms with E-state index in [2.05, 4.69) is 31.0 Å². The molecule has 0 bridgehead atoms. The minimum atomic E-state index is 0.520. The van der Waals surface area contributed by atoms with E-state index in [1.54, 1.807) is 7.11 Å². The van der Waals surface area contributed by atoms with Gasteiger partial charge in [-0.3, -0.25) is 0 Å². The first-order valence-electron chi connectivity index (χ1n) is 7.68. The average molecular weight is 256 g/mol. The molecule has 0 aromatic carbocycles. The highest BCUT2D eigenvalue weighted by molar-refractivity contribution is 4.82. The third kappa shape index (κ3) is 5.25. The monoisotopic (exact) mass is 256 g/mol. The highest BCUT2D eigenvalue weighted by Crippen LogP contribution is 2.20. The molecule has 1 rings (SSSR count). The summed E-state index contributed by atoms with van der Waals surface area (Å²) in [6, 6.07) is 1.12. The van der Waals surface area contributed by atoms with E-state index in [0.717, 1.165) is 12.5 Å². The Labute approximate surface area is 113 Å². The van der Waals surface area contributed by atoms with Crippen LogP contribution in [0.1, 0.15) is 46.5 Å². The molecule has 3 nitrogen and oxygen atoms in total. The average Bonchev–Trinajstić information content (AvgIpc) is 2.39. The van der Waals surface area contributed by atoms with Crippen molar-refractivity contribution in [1.29, 1.82) is 0 Å². The Hall–Kier alpha value is -0.120. The molecule has 18 heavy (non-hydrogen) atoms. The van der Waals surface area contributed by atoms with Gasteiger partial charge in [-0.15, -0.1) is 0 Å². The summed E-state index contributed by atoms with van der Waals surface area (Å²) in [5.74, 6) is 0.801. The summed E-state index contributed by atoms with van der Waals surface area (Å²) in [7, 11) is 1.80. The van der Waals surface area contributed by atoms with Gasteiger partial charge in [-0.05, 0) is 45.2 Å². The predicted octanol–water partition coefficient (Wildman–Crippen LogP) is 2.51. The van der Waals surface area contributed by atoms with Gasteiger partial charge in [-0.1, -0.05) is 20.3 Å². The highest BCUT2D eigenvalue weighted by Gasteiger charge is 2.25. The number of ether oxygens (including phenoxy) is 1. The van der Waals surface area contributed by atoms with Crippen molar-refractivity contribution in [3.63, 3.8) is 0 Å². The van der Waals surface area contributed by atoms with Crippen LogP contribution in [0, 0.1) is 5.92 Å². The Morgan fingerprint density at radius 2 is 2.17 bits per heavy atom. The van der Waals surface area contributed by atoms with E-state index in [4.69, 9.17) is 4.74 Å². The molecule has 1 N–H and O–H groups in total. The van der Waals surface area contributed by atoms with Gasteiger partial charge in [0.25, 0.3) is 0 Å². The summed E-state index contributed by atoms with van der Waals surface area (Å²) < 4.78 is 5.31. The van der Waals surface area contributed by atoms with Crippen LogP contribution < -0.4 is 5.32 Å². The molecule has 0 aromatic heterocycles. The van der Waals surface area contributed by atoms with Crippen LogP contribution in [0.5, 0.6) is 0 Å². The lowest BCUT2D eigenvalue weighted by Crippen LogP contribution is -2.48. The largest absolute Gasteiger partial charge is 0.383 e. The van der Waals surface area contributed by atoms with Crippen LogP contribution in [0.25, 0.3) is 0 Å². The number of nitrogens with zero attached hydrogens (tertiary/aromatic N) is 1. The molecule has 1 fully saturated rings. The molecule has 3 heteroatoms.